The summed E-state index contributed by atoms with van der Waals surface area (Å²) in [7, 11) is 3.12. The summed E-state index contributed by atoms with van der Waals surface area (Å²) in [6.07, 6.45) is 0. The standard InChI is InChI=1S/C9H8ClFO5S/c1-15-8-6(9(12)16-2)3-5(4-7(8)11)17(10,13)14/h3-4H,1-2H3. The van der Waals surface area contributed by atoms with Gasteiger partial charge in [-0.25, -0.2) is 17.6 Å². The molecule has 1 aromatic carbocycles. The highest BCUT2D eigenvalue weighted by atomic mass is 35.7. The first-order valence-corrected chi connectivity index (χ1v) is 6.52. The number of carbonyl (C=O) groups excluding carboxylic acids is 1. The molecule has 0 N–H and O–H groups in total. The summed E-state index contributed by atoms with van der Waals surface area (Å²) >= 11 is 0. The van der Waals surface area contributed by atoms with Gasteiger partial charge in [-0.2, -0.15) is 0 Å². The van der Waals surface area contributed by atoms with Gasteiger partial charge in [0.25, 0.3) is 9.05 Å². The van der Waals surface area contributed by atoms with E-state index in [-0.39, 0.29) is 5.56 Å². The van der Waals surface area contributed by atoms with Crippen LogP contribution in [-0.2, 0) is 13.8 Å². The molecule has 0 heterocycles. The lowest BCUT2D eigenvalue weighted by Gasteiger charge is -2.09. The molecule has 17 heavy (non-hydrogen) atoms. The van der Waals surface area contributed by atoms with Crippen molar-refractivity contribution in [3.63, 3.8) is 0 Å². The Morgan fingerprint density at radius 2 is 1.94 bits per heavy atom. The maximum Gasteiger partial charge on any atom is 0.341 e. The highest BCUT2D eigenvalue weighted by molar-refractivity contribution is 8.13. The molecule has 1 aromatic rings. The molecule has 0 saturated heterocycles. The van der Waals surface area contributed by atoms with E-state index >= 15 is 0 Å². The van der Waals surface area contributed by atoms with E-state index in [2.05, 4.69) is 9.47 Å². The molecule has 0 aliphatic heterocycles. The van der Waals surface area contributed by atoms with Gasteiger partial charge in [0.05, 0.1) is 19.1 Å². The van der Waals surface area contributed by atoms with Crippen LogP contribution in [0.1, 0.15) is 10.4 Å². The summed E-state index contributed by atoms with van der Waals surface area (Å²) in [4.78, 5) is 10.8. The van der Waals surface area contributed by atoms with Gasteiger partial charge in [0.2, 0.25) is 0 Å². The molecule has 0 radical (unpaired) electrons. The lowest BCUT2D eigenvalue weighted by molar-refractivity contribution is 0.0595. The van der Waals surface area contributed by atoms with Gasteiger partial charge in [0, 0.05) is 10.7 Å². The normalized spacial score (nSPS) is 11.1. The topological polar surface area (TPSA) is 69.7 Å². The first-order chi connectivity index (χ1) is 7.81. The van der Waals surface area contributed by atoms with Crippen LogP contribution in [0.4, 0.5) is 4.39 Å². The highest BCUT2D eigenvalue weighted by Gasteiger charge is 2.22. The SMILES string of the molecule is COC(=O)c1cc(S(=O)(=O)Cl)cc(F)c1OC. The largest absolute Gasteiger partial charge is 0.493 e. The Morgan fingerprint density at radius 1 is 1.35 bits per heavy atom. The number of rotatable bonds is 3. The minimum absolute atomic E-state index is 0.353. The molecule has 0 aliphatic rings. The van der Waals surface area contributed by atoms with Crippen LogP contribution < -0.4 is 4.74 Å². The number of carbonyl (C=O) groups is 1. The second kappa shape index (κ2) is 4.89. The van der Waals surface area contributed by atoms with Gasteiger partial charge < -0.3 is 9.47 Å². The van der Waals surface area contributed by atoms with Gasteiger partial charge in [-0.1, -0.05) is 0 Å². The molecular weight excluding hydrogens is 275 g/mol. The minimum atomic E-state index is -4.15. The molecule has 0 bridgehead atoms. The van der Waals surface area contributed by atoms with Crippen molar-refractivity contribution in [2.24, 2.45) is 0 Å². The number of benzene rings is 1. The van der Waals surface area contributed by atoms with E-state index in [1.54, 1.807) is 0 Å². The van der Waals surface area contributed by atoms with E-state index in [9.17, 15) is 17.6 Å². The van der Waals surface area contributed by atoms with Gasteiger partial charge in [-0.3, -0.25) is 0 Å². The van der Waals surface area contributed by atoms with Crippen molar-refractivity contribution < 1.29 is 27.1 Å². The Balaban J connectivity index is 3.55. The van der Waals surface area contributed by atoms with Crippen LogP contribution in [0.3, 0.4) is 0 Å². The molecule has 0 spiro atoms. The lowest BCUT2D eigenvalue weighted by Crippen LogP contribution is -2.07. The molecular formula is C9H8ClFO5S. The third-order valence-electron chi connectivity index (χ3n) is 1.91. The maximum atomic E-state index is 13.5. The minimum Gasteiger partial charge on any atom is -0.493 e. The van der Waals surface area contributed by atoms with Crippen LogP contribution in [0.15, 0.2) is 17.0 Å². The van der Waals surface area contributed by atoms with Crippen LogP contribution in [0.25, 0.3) is 0 Å². The smallest absolute Gasteiger partial charge is 0.341 e. The molecule has 0 atom stereocenters. The molecule has 0 amide bonds. The fourth-order valence-corrected chi connectivity index (χ4v) is 1.95. The van der Waals surface area contributed by atoms with Crippen molar-refractivity contribution in [2.45, 2.75) is 4.90 Å². The van der Waals surface area contributed by atoms with Crippen molar-refractivity contribution >= 4 is 25.7 Å². The van der Waals surface area contributed by atoms with Gasteiger partial charge in [0.1, 0.15) is 5.56 Å². The molecule has 94 valence electrons. The van der Waals surface area contributed by atoms with Crippen molar-refractivity contribution in [1.29, 1.82) is 0 Å². The van der Waals surface area contributed by atoms with Gasteiger partial charge in [0.15, 0.2) is 11.6 Å². The Hall–Kier alpha value is -1.34. The fraction of sp³-hybridized carbons (Fsp3) is 0.222. The molecule has 0 aliphatic carbocycles. The quantitative estimate of drug-likeness (QED) is 0.621. The number of esters is 1. The second-order valence-corrected chi connectivity index (χ2v) is 5.48. The Bertz CT molecular complexity index is 555. The second-order valence-electron chi connectivity index (χ2n) is 2.92. The summed E-state index contributed by atoms with van der Waals surface area (Å²) in [6, 6.07) is 1.55. The zero-order valence-corrected chi connectivity index (χ0v) is 10.4. The molecule has 0 saturated carbocycles. The molecule has 0 fully saturated rings. The number of hydrogen-bond donors (Lipinski definition) is 0. The predicted molar refractivity (Wildman–Crippen MR) is 57.3 cm³/mol. The third kappa shape index (κ3) is 2.86. The fourth-order valence-electron chi connectivity index (χ4n) is 1.18. The van der Waals surface area contributed by atoms with Crippen molar-refractivity contribution in [2.75, 3.05) is 14.2 Å². The van der Waals surface area contributed by atoms with E-state index in [0.717, 1.165) is 20.3 Å². The predicted octanol–water partition coefficient (Wildman–Crippen LogP) is 1.55. The van der Waals surface area contributed by atoms with E-state index in [4.69, 9.17) is 10.7 Å². The zero-order valence-electron chi connectivity index (χ0n) is 8.86. The van der Waals surface area contributed by atoms with E-state index in [0.29, 0.717) is 6.07 Å². The molecule has 0 unspecified atom stereocenters. The number of halogens is 2. The summed E-state index contributed by atoms with van der Waals surface area (Å²) in [5.74, 6) is -2.35. The molecule has 5 nitrogen and oxygen atoms in total. The van der Waals surface area contributed by atoms with E-state index in [1.165, 1.54) is 0 Å². The van der Waals surface area contributed by atoms with Crippen LogP contribution in [0.2, 0.25) is 0 Å². The van der Waals surface area contributed by atoms with Crippen LogP contribution >= 0.6 is 10.7 Å². The Labute approximate surface area is 102 Å². The Morgan fingerprint density at radius 3 is 2.35 bits per heavy atom. The summed E-state index contributed by atoms with van der Waals surface area (Å²) < 4.78 is 44.6. The van der Waals surface area contributed by atoms with Gasteiger partial charge in [-0.15, -0.1) is 0 Å². The third-order valence-corrected chi connectivity index (χ3v) is 3.24. The monoisotopic (exact) mass is 282 g/mol. The summed E-state index contributed by atoms with van der Waals surface area (Å²) in [5.41, 5.74) is -0.353. The first-order valence-electron chi connectivity index (χ1n) is 4.21. The van der Waals surface area contributed by atoms with Crippen LogP contribution in [0.5, 0.6) is 5.75 Å². The van der Waals surface area contributed by atoms with E-state index < -0.39 is 31.5 Å². The van der Waals surface area contributed by atoms with Crippen molar-refractivity contribution in [3.05, 3.63) is 23.5 Å². The maximum absolute atomic E-state index is 13.5. The van der Waals surface area contributed by atoms with Gasteiger partial charge in [-0.05, 0) is 12.1 Å². The highest BCUT2D eigenvalue weighted by Crippen LogP contribution is 2.28. The first kappa shape index (κ1) is 13.7. The number of ether oxygens (including phenoxy) is 2. The van der Waals surface area contributed by atoms with Crippen LogP contribution in [-0.4, -0.2) is 28.6 Å². The number of hydrogen-bond acceptors (Lipinski definition) is 5. The number of methoxy groups -OCH3 is 2. The molecule has 1 rings (SSSR count). The zero-order chi connectivity index (χ0) is 13.2. The van der Waals surface area contributed by atoms with Crippen LogP contribution in [0, 0.1) is 5.82 Å². The summed E-state index contributed by atoms with van der Waals surface area (Å²) in [6.45, 7) is 0. The lowest BCUT2D eigenvalue weighted by atomic mass is 10.2. The molecule has 0 aromatic heterocycles. The van der Waals surface area contributed by atoms with Crippen molar-refractivity contribution in [3.8, 4) is 5.75 Å². The van der Waals surface area contributed by atoms with E-state index in [1.807, 2.05) is 0 Å². The average molecular weight is 283 g/mol. The Kier molecular flexibility index (Phi) is 3.94. The summed E-state index contributed by atoms with van der Waals surface area (Å²) in [5, 5.41) is 0. The molecule has 8 heteroatoms. The van der Waals surface area contributed by atoms with Gasteiger partial charge >= 0.3 is 5.97 Å². The van der Waals surface area contributed by atoms with Crippen molar-refractivity contribution in [1.82, 2.24) is 0 Å². The average Bonchev–Trinajstić information content (AvgIpc) is 2.25.